The van der Waals surface area contributed by atoms with Crippen LogP contribution in [0.5, 0.6) is 0 Å². The number of benzene rings is 1. The maximum atomic E-state index is 12.9. The minimum absolute atomic E-state index is 0.0896. The second kappa shape index (κ2) is 5.80. The highest BCUT2D eigenvalue weighted by Crippen LogP contribution is 2.31. The van der Waals surface area contributed by atoms with Crippen LogP contribution in [0.15, 0.2) is 36.9 Å². The second-order valence-electron chi connectivity index (χ2n) is 4.64. The Morgan fingerprint density at radius 3 is 2.78 bits per heavy atom. The van der Waals surface area contributed by atoms with Crippen molar-refractivity contribution in [1.82, 2.24) is 4.90 Å². The zero-order valence-electron chi connectivity index (χ0n) is 10.4. The van der Waals surface area contributed by atoms with Crippen LogP contribution in [-0.2, 0) is 4.79 Å². The van der Waals surface area contributed by atoms with Gasteiger partial charge in [-0.3, -0.25) is 4.79 Å². The molecule has 3 heteroatoms. The van der Waals surface area contributed by atoms with Crippen molar-refractivity contribution < 1.29 is 9.18 Å². The summed E-state index contributed by atoms with van der Waals surface area (Å²) in [5.74, 6) is -0.127. The molecule has 2 nitrogen and oxygen atoms in total. The van der Waals surface area contributed by atoms with Crippen molar-refractivity contribution in [2.24, 2.45) is 0 Å². The van der Waals surface area contributed by atoms with Gasteiger partial charge in [0.05, 0.1) is 6.04 Å². The topological polar surface area (TPSA) is 20.3 Å². The van der Waals surface area contributed by atoms with Gasteiger partial charge in [-0.2, -0.15) is 0 Å². The number of likely N-dealkylation sites (tertiary alicyclic amines) is 1. The van der Waals surface area contributed by atoms with Gasteiger partial charge in [0.2, 0.25) is 5.91 Å². The predicted octanol–water partition coefficient (Wildman–Crippen LogP) is 3.46. The molecule has 1 aliphatic rings. The summed E-state index contributed by atoms with van der Waals surface area (Å²) in [6.45, 7) is 4.39. The van der Waals surface area contributed by atoms with Crippen molar-refractivity contribution in [1.29, 1.82) is 0 Å². The molecule has 1 amide bonds. The monoisotopic (exact) mass is 247 g/mol. The van der Waals surface area contributed by atoms with E-state index in [0.717, 1.165) is 31.4 Å². The van der Waals surface area contributed by atoms with Gasteiger partial charge in [0, 0.05) is 13.0 Å². The third kappa shape index (κ3) is 2.78. The Balaban J connectivity index is 2.19. The first-order valence-electron chi connectivity index (χ1n) is 6.38. The van der Waals surface area contributed by atoms with E-state index >= 15 is 0 Å². The van der Waals surface area contributed by atoms with Crippen LogP contribution >= 0.6 is 0 Å². The molecule has 1 aliphatic heterocycles. The molecule has 1 aromatic carbocycles. The fourth-order valence-electron chi connectivity index (χ4n) is 2.50. The third-order valence-electron chi connectivity index (χ3n) is 3.40. The summed E-state index contributed by atoms with van der Waals surface area (Å²) in [4.78, 5) is 13.9. The fourth-order valence-corrected chi connectivity index (χ4v) is 2.50. The molecule has 1 fully saturated rings. The van der Waals surface area contributed by atoms with E-state index in [2.05, 4.69) is 6.58 Å². The third-order valence-corrected chi connectivity index (χ3v) is 3.40. The van der Waals surface area contributed by atoms with Crippen LogP contribution in [0.2, 0.25) is 0 Å². The largest absolute Gasteiger partial charge is 0.335 e. The van der Waals surface area contributed by atoms with Gasteiger partial charge < -0.3 is 4.90 Å². The van der Waals surface area contributed by atoms with E-state index in [4.69, 9.17) is 0 Å². The molecule has 0 radical (unpaired) electrons. The fraction of sp³-hybridized carbons (Fsp3) is 0.400. The number of hydrogen-bond acceptors (Lipinski definition) is 1. The van der Waals surface area contributed by atoms with Gasteiger partial charge in [-0.25, -0.2) is 4.39 Å². The van der Waals surface area contributed by atoms with Crippen LogP contribution < -0.4 is 0 Å². The first-order valence-corrected chi connectivity index (χ1v) is 6.38. The van der Waals surface area contributed by atoms with E-state index < -0.39 is 0 Å². The molecule has 1 heterocycles. The molecule has 18 heavy (non-hydrogen) atoms. The van der Waals surface area contributed by atoms with Crippen molar-refractivity contribution >= 4 is 5.91 Å². The van der Waals surface area contributed by atoms with Crippen LogP contribution in [0.3, 0.4) is 0 Å². The molecule has 1 unspecified atom stereocenters. The summed E-state index contributed by atoms with van der Waals surface area (Å²) in [7, 11) is 0. The molecular formula is C15H18FNO. The standard InChI is InChI=1S/C15H18FNO/c1-2-5-15(18)17-11-4-3-6-14(17)12-7-9-13(16)10-8-12/h2,7-10,14H,1,3-6,11H2. The Morgan fingerprint density at radius 1 is 1.39 bits per heavy atom. The zero-order chi connectivity index (χ0) is 13.0. The zero-order valence-corrected chi connectivity index (χ0v) is 10.4. The van der Waals surface area contributed by atoms with Crippen molar-refractivity contribution in [3.63, 3.8) is 0 Å². The van der Waals surface area contributed by atoms with E-state index in [1.807, 2.05) is 4.90 Å². The van der Waals surface area contributed by atoms with E-state index in [-0.39, 0.29) is 17.8 Å². The Morgan fingerprint density at radius 2 is 2.11 bits per heavy atom. The Kier molecular flexibility index (Phi) is 4.13. The molecule has 0 aromatic heterocycles. The summed E-state index contributed by atoms with van der Waals surface area (Å²) < 4.78 is 12.9. The molecule has 0 bridgehead atoms. The number of carbonyl (C=O) groups excluding carboxylic acids is 1. The van der Waals surface area contributed by atoms with Crippen molar-refractivity contribution in [2.75, 3.05) is 6.54 Å². The Bertz CT molecular complexity index is 427. The summed E-state index contributed by atoms with van der Waals surface area (Å²) in [5, 5.41) is 0. The SMILES string of the molecule is C=CCC(=O)N1CCCCC1c1ccc(F)cc1. The van der Waals surface area contributed by atoms with E-state index in [1.165, 1.54) is 12.1 Å². The van der Waals surface area contributed by atoms with Gasteiger partial charge in [0.1, 0.15) is 5.82 Å². The minimum Gasteiger partial charge on any atom is -0.335 e. The van der Waals surface area contributed by atoms with Gasteiger partial charge in [-0.1, -0.05) is 18.2 Å². The summed E-state index contributed by atoms with van der Waals surface area (Å²) >= 11 is 0. The van der Waals surface area contributed by atoms with Crippen molar-refractivity contribution in [3.05, 3.63) is 48.3 Å². The predicted molar refractivity (Wildman–Crippen MR) is 69.5 cm³/mol. The lowest BCUT2D eigenvalue weighted by atomic mass is 9.95. The van der Waals surface area contributed by atoms with Crippen LogP contribution in [0.25, 0.3) is 0 Å². The summed E-state index contributed by atoms with van der Waals surface area (Å²) in [6, 6.07) is 6.56. The average molecular weight is 247 g/mol. The van der Waals surface area contributed by atoms with Gasteiger partial charge in [0.25, 0.3) is 0 Å². The van der Waals surface area contributed by atoms with Gasteiger partial charge in [0.15, 0.2) is 0 Å². The summed E-state index contributed by atoms with van der Waals surface area (Å²) in [5.41, 5.74) is 1.02. The quantitative estimate of drug-likeness (QED) is 0.749. The highest BCUT2D eigenvalue weighted by molar-refractivity contribution is 5.78. The smallest absolute Gasteiger partial charge is 0.226 e. The molecule has 96 valence electrons. The van der Waals surface area contributed by atoms with Crippen LogP contribution in [-0.4, -0.2) is 17.4 Å². The number of nitrogens with zero attached hydrogens (tertiary/aromatic N) is 1. The highest BCUT2D eigenvalue weighted by Gasteiger charge is 2.26. The van der Waals surface area contributed by atoms with Gasteiger partial charge in [-0.15, -0.1) is 6.58 Å². The first kappa shape index (κ1) is 12.8. The van der Waals surface area contributed by atoms with Crippen LogP contribution in [0.4, 0.5) is 4.39 Å². The number of halogens is 1. The van der Waals surface area contributed by atoms with E-state index in [1.54, 1.807) is 18.2 Å². The van der Waals surface area contributed by atoms with E-state index in [0.29, 0.717) is 6.42 Å². The molecule has 0 aliphatic carbocycles. The molecule has 1 atom stereocenters. The summed E-state index contributed by atoms with van der Waals surface area (Å²) in [6.07, 6.45) is 5.12. The molecule has 0 spiro atoms. The van der Waals surface area contributed by atoms with Gasteiger partial charge >= 0.3 is 0 Å². The van der Waals surface area contributed by atoms with Crippen molar-refractivity contribution in [3.8, 4) is 0 Å². The normalized spacial score (nSPS) is 19.6. The Labute approximate surface area is 107 Å². The van der Waals surface area contributed by atoms with Crippen LogP contribution in [0.1, 0.15) is 37.3 Å². The highest BCUT2D eigenvalue weighted by atomic mass is 19.1. The molecule has 1 aromatic rings. The molecule has 0 N–H and O–H groups in total. The second-order valence-corrected chi connectivity index (χ2v) is 4.64. The lowest BCUT2D eigenvalue weighted by Crippen LogP contribution is -2.38. The number of hydrogen-bond donors (Lipinski definition) is 0. The number of carbonyl (C=O) groups is 1. The van der Waals surface area contributed by atoms with Gasteiger partial charge in [-0.05, 0) is 37.0 Å². The molecule has 1 saturated heterocycles. The van der Waals surface area contributed by atoms with E-state index in [9.17, 15) is 9.18 Å². The first-order chi connectivity index (χ1) is 8.72. The number of rotatable bonds is 3. The van der Waals surface area contributed by atoms with Crippen LogP contribution in [0, 0.1) is 5.82 Å². The maximum Gasteiger partial charge on any atom is 0.226 e. The number of amides is 1. The molecule has 2 rings (SSSR count). The number of piperidine rings is 1. The average Bonchev–Trinajstić information content (AvgIpc) is 2.40. The minimum atomic E-state index is -0.237. The Hall–Kier alpha value is -1.64. The maximum absolute atomic E-state index is 12.9. The lowest BCUT2D eigenvalue weighted by Gasteiger charge is -2.36. The molecular weight excluding hydrogens is 229 g/mol. The van der Waals surface area contributed by atoms with Crippen molar-refractivity contribution in [2.45, 2.75) is 31.7 Å². The molecule has 0 saturated carbocycles. The lowest BCUT2D eigenvalue weighted by molar-refractivity contribution is -0.134.